The first-order valence-corrected chi connectivity index (χ1v) is 21.0. The number of nitrogens with zero attached hydrogens (tertiary/aromatic N) is 1. The first-order chi connectivity index (χ1) is 29.3. The van der Waals surface area contributed by atoms with Crippen LogP contribution >= 0.6 is 0 Å². The second-order valence-corrected chi connectivity index (χ2v) is 16.7. The van der Waals surface area contributed by atoms with Crippen LogP contribution in [-0.4, -0.2) is 0 Å². The van der Waals surface area contributed by atoms with Gasteiger partial charge in [0.15, 0.2) is 0 Å². The van der Waals surface area contributed by atoms with Gasteiger partial charge in [0.2, 0.25) is 0 Å². The Morgan fingerprint density at radius 3 is 1.25 bits per heavy atom. The quantitative estimate of drug-likeness (QED) is 0.149. The van der Waals surface area contributed by atoms with Gasteiger partial charge in [-0.2, -0.15) is 0 Å². The zero-order valence-electron chi connectivity index (χ0n) is 34.7. The monoisotopic (exact) mass is 769 g/mol. The number of hydrogen-bond donors (Lipinski definition) is 0. The first-order valence-electron chi connectivity index (χ1n) is 21.0. The van der Waals surface area contributed by atoms with Crippen LogP contribution in [-0.2, 0) is 5.41 Å². The van der Waals surface area contributed by atoms with Gasteiger partial charge in [0, 0.05) is 16.8 Å². The maximum Gasteiger partial charge on any atom is 0.0520 e. The van der Waals surface area contributed by atoms with Gasteiger partial charge in [0.05, 0.1) is 5.69 Å². The van der Waals surface area contributed by atoms with E-state index in [-0.39, 0.29) is 5.41 Å². The van der Waals surface area contributed by atoms with Crippen molar-refractivity contribution in [1.29, 1.82) is 0 Å². The van der Waals surface area contributed by atoms with E-state index in [1.807, 2.05) is 0 Å². The molecule has 0 bridgehead atoms. The van der Waals surface area contributed by atoms with E-state index in [0.717, 1.165) is 11.4 Å². The number of anilines is 3. The van der Waals surface area contributed by atoms with Gasteiger partial charge in [-0.3, -0.25) is 0 Å². The summed E-state index contributed by atoms with van der Waals surface area (Å²) in [5.74, 6) is 0. The minimum atomic E-state index is -0.118. The van der Waals surface area contributed by atoms with Gasteiger partial charge >= 0.3 is 0 Å². The largest absolute Gasteiger partial charge is 0.310 e. The van der Waals surface area contributed by atoms with Crippen molar-refractivity contribution in [3.63, 3.8) is 0 Å². The van der Waals surface area contributed by atoms with E-state index in [2.05, 4.69) is 245 Å². The topological polar surface area (TPSA) is 3.24 Å². The van der Waals surface area contributed by atoms with Crippen LogP contribution in [0.2, 0.25) is 0 Å². The molecule has 0 amide bonds. The van der Waals surface area contributed by atoms with Crippen molar-refractivity contribution in [1.82, 2.24) is 0 Å². The normalized spacial score (nSPS) is 12.5. The SMILES string of the molecule is Cc1cc(-c2cc(-c3ccccc3)cc(-c3ccccc3)c2)cc(C)c1N(c1ccc(-c2ccccc2-c2ccccc2)cc1)c1ccc2c(c1)C(C)(C)c1ccccc1-2. The summed E-state index contributed by atoms with van der Waals surface area (Å²) in [6.07, 6.45) is 0. The fourth-order valence-electron chi connectivity index (χ4n) is 9.50. The number of aryl methyl sites for hydroxylation is 2. The highest BCUT2D eigenvalue weighted by molar-refractivity contribution is 5.90. The van der Waals surface area contributed by atoms with Crippen LogP contribution in [0.15, 0.2) is 212 Å². The zero-order chi connectivity index (χ0) is 40.8. The number of fused-ring (bicyclic) bond motifs is 3. The van der Waals surface area contributed by atoms with Crippen LogP contribution in [0.5, 0.6) is 0 Å². The maximum absolute atomic E-state index is 2.48. The van der Waals surface area contributed by atoms with E-state index < -0.39 is 0 Å². The summed E-state index contributed by atoms with van der Waals surface area (Å²) in [4.78, 5) is 2.48. The molecule has 0 saturated heterocycles. The van der Waals surface area contributed by atoms with E-state index in [1.165, 1.54) is 94.7 Å². The third-order valence-corrected chi connectivity index (χ3v) is 12.5. The molecular weight excluding hydrogens is 723 g/mol. The molecule has 0 radical (unpaired) electrons. The fourth-order valence-corrected chi connectivity index (χ4v) is 9.50. The van der Waals surface area contributed by atoms with Crippen LogP contribution in [0.4, 0.5) is 17.1 Å². The number of hydrogen-bond acceptors (Lipinski definition) is 1. The smallest absolute Gasteiger partial charge is 0.0520 e. The average Bonchev–Trinajstić information content (AvgIpc) is 3.53. The van der Waals surface area contributed by atoms with Crippen molar-refractivity contribution >= 4 is 17.1 Å². The second kappa shape index (κ2) is 15.2. The van der Waals surface area contributed by atoms with Gasteiger partial charge in [-0.15, -0.1) is 0 Å². The summed E-state index contributed by atoms with van der Waals surface area (Å²) < 4.78 is 0. The van der Waals surface area contributed by atoms with Gasteiger partial charge in [-0.1, -0.05) is 172 Å². The molecule has 9 aromatic carbocycles. The first kappa shape index (κ1) is 37.1. The predicted molar refractivity (Wildman–Crippen MR) is 255 cm³/mol. The lowest BCUT2D eigenvalue weighted by Gasteiger charge is -2.31. The molecule has 1 aliphatic rings. The van der Waals surface area contributed by atoms with E-state index in [0.29, 0.717) is 0 Å². The Hall–Kier alpha value is -7.22. The van der Waals surface area contributed by atoms with E-state index in [9.17, 15) is 0 Å². The van der Waals surface area contributed by atoms with E-state index in [1.54, 1.807) is 0 Å². The molecular formula is C59H47N. The van der Waals surface area contributed by atoms with Crippen molar-refractivity contribution in [3.8, 4) is 66.8 Å². The standard InChI is InChI=1S/C59H47N/c1-40-34-46(49-37-47(42-18-8-5-9-19-42)36-48(38-49)43-20-10-6-11-21-43)35-41(2)58(40)60(51-32-33-55-54-26-16-17-27-56(54)59(3,4)57(55)39-51)50-30-28-45(29-31-50)53-25-15-14-24-52(53)44-22-12-7-13-23-44/h5-39H,1-4H3. The molecule has 0 heterocycles. The molecule has 288 valence electrons. The molecule has 0 saturated carbocycles. The van der Waals surface area contributed by atoms with Crippen LogP contribution in [0.25, 0.3) is 66.8 Å². The zero-order valence-corrected chi connectivity index (χ0v) is 34.7. The van der Waals surface area contributed by atoms with Crippen LogP contribution in [0.3, 0.4) is 0 Å². The van der Waals surface area contributed by atoms with E-state index >= 15 is 0 Å². The Balaban J connectivity index is 1.12. The minimum Gasteiger partial charge on any atom is -0.310 e. The second-order valence-electron chi connectivity index (χ2n) is 16.7. The summed E-state index contributed by atoms with van der Waals surface area (Å²) >= 11 is 0. The highest BCUT2D eigenvalue weighted by atomic mass is 15.1. The molecule has 0 unspecified atom stereocenters. The molecule has 1 heteroatoms. The van der Waals surface area contributed by atoms with Gasteiger partial charge in [0.1, 0.15) is 0 Å². The van der Waals surface area contributed by atoms with Crippen LogP contribution in [0, 0.1) is 13.8 Å². The third kappa shape index (κ3) is 6.63. The molecule has 9 aromatic rings. The molecule has 1 aliphatic carbocycles. The molecule has 0 aliphatic heterocycles. The van der Waals surface area contributed by atoms with E-state index in [4.69, 9.17) is 0 Å². The Kier molecular flexibility index (Phi) is 9.38. The van der Waals surface area contributed by atoms with Crippen LogP contribution < -0.4 is 4.90 Å². The Morgan fingerprint density at radius 2 is 0.700 bits per heavy atom. The third-order valence-electron chi connectivity index (χ3n) is 12.5. The summed E-state index contributed by atoms with van der Waals surface area (Å²) in [5, 5.41) is 0. The molecule has 0 atom stereocenters. The molecule has 10 rings (SSSR count). The van der Waals surface area contributed by atoms with Gasteiger partial charge in [0.25, 0.3) is 0 Å². The molecule has 60 heavy (non-hydrogen) atoms. The molecule has 0 spiro atoms. The van der Waals surface area contributed by atoms with Crippen LogP contribution in [0.1, 0.15) is 36.1 Å². The highest BCUT2D eigenvalue weighted by Gasteiger charge is 2.36. The van der Waals surface area contributed by atoms with Gasteiger partial charge in [-0.05, 0) is 157 Å². The van der Waals surface area contributed by atoms with Crippen molar-refractivity contribution in [3.05, 3.63) is 235 Å². The lowest BCUT2D eigenvalue weighted by molar-refractivity contribution is 0.660. The van der Waals surface area contributed by atoms with Gasteiger partial charge in [-0.25, -0.2) is 0 Å². The summed E-state index contributed by atoms with van der Waals surface area (Å²) in [7, 11) is 0. The van der Waals surface area contributed by atoms with Crippen molar-refractivity contribution in [2.75, 3.05) is 4.90 Å². The molecule has 0 fully saturated rings. The Bertz CT molecular complexity index is 2910. The summed E-state index contributed by atoms with van der Waals surface area (Å²) in [6, 6.07) is 77.8. The fraction of sp³-hybridized carbons (Fsp3) is 0.0847. The Morgan fingerprint density at radius 1 is 0.300 bits per heavy atom. The average molecular weight is 770 g/mol. The molecule has 1 nitrogen and oxygen atoms in total. The predicted octanol–water partition coefficient (Wildman–Crippen LogP) is 16.4. The number of benzene rings is 9. The highest BCUT2D eigenvalue weighted by Crippen LogP contribution is 2.51. The maximum atomic E-state index is 2.48. The molecule has 0 N–H and O–H groups in total. The Labute approximate surface area is 354 Å². The van der Waals surface area contributed by atoms with Gasteiger partial charge < -0.3 is 4.90 Å². The lowest BCUT2D eigenvalue weighted by Crippen LogP contribution is -2.17. The summed E-state index contributed by atoms with van der Waals surface area (Å²) in [6.45, 7) is 9.28. The summed E-state index contributed by atoms with van der Waals surface area (Å²) in [5.41, 5.74) is 23.3. The molecule has 0 aromatic heterocycles. The minimum absolute atomic E-state index is 0.118. The number of rotatable bonds is 8. The van der Waals surface area contributed by atoms with Crippen molar-refractivity contribution < 1.29 is 0 Å². The van der Waals surface area contributed by atoms with Crippen molar-refractivity contribution in [2.24, 2.45) is 0 Å². The lowest BCUT2D eigenvalue weighted by atomic mass is 9.82. The van der Waals surface area contributed by atoms with Crippen molar-refractivity contribution in [2.45, 2.75) is 33.1 Å².